The van der Waals surface area contributed by atoms with Crippen LogP contribution < -0.4 is 10.4 Å². The minimum atomic E-state index is -0.248. The number of benzene rings is 2. The van der Waals surface area contributed by atoms with Crippen LogP contribution in [-0.4, -0.2) is 55.3 Å². The summed E-state index contributed by atoms with van der Waals surface area (Å²) in [5, 5.41) is 9.88. The van der Waals surface area contributed by atoms with Crippen molar-refractivity contribution in [2.75, 3.05) is 38.2 Å². The Balaban J connectivity index is 1.76. The van der Waals surface area contributed by atoms with Crippen LogP contribution in [0.2, 0.25) is 0 Å². The molecule has 1 aliphatic rings. The first-order chi connectivity index (χ1) is 13.6. The lowest BCUT2D eigenvalue weighted by Gasteiger charge is -2.33. The van der Waals surface area contributed by atoms with Crippen LogP contribution in [0.5, 0.6) is 0 Å². The van der Waals surface area contributed by atoms with Gasteiger partial charge in [-0.1, -0.05) is 30.3 Å². The molecule has 0 aliphatic carbocycles. The van der Waals surface area contributed by atoms with E-state index in [1.807, 2.05) is 37.3 Å². The molecule has 1 heterocycles. The summed E-state index contributed by atoms with van der Waals surface area (Å²) < 4.78 is 0. The Bertz CT molecular complexity index is 751. The smallest absolute Gasteiger partial charge is 0.274 e. The summed E-state index contributed by atoms with van der Waals surface area (Å²) in [5.41, 5.74) is 5.23. The normalized spacial score (nSPS) is 18.0. The van der Waals surface area contributed by atoms with Crippen molar-refractivity contribution < 1.29 is 14.7 Å². The molecular formula is C22H29N3O3. The molecule has 2 aromatic carbocycles. The number of nitrogens with one attached hydrogen (secondary N) is 1. The molecular weight excluding hydrogens is 354 g/mol. The van der Waals surface area contributed by atoms with Crippen LogP contribution in [-0.2, 0) is 4.84 Å². The Kier molecular flexibility index (Phi) is 7.03. The van der Waals surface area contributed by atoms with E-state index in [-0.39, 0.29) is 18.1 Å². The fraction of sp³-hybridized carbons (Fsp3) is 0.409. The minimum Gasteiger partial charge on any atom is -0.392 e. The van der Waals surface area contributed by atoms with Gasteiger partial charge in [0.05, 0.1) is 18.8 Å². The van der Waals surface area contributed by atoms with Gasteiger partial charge < -0.3 is 10.0 Å². The number of nitrogens with zero attached hydrogens (tertiary/aromatic N) is 2. The van der Waals surface area contributed by atoms with E-state index >= 15 is 0 Å². The third kappa shape index (κ3) is 5.10. The molecule has 6 heteroatoms. The van der Waals surface area contributed by atoms with E-state index in [1.165, 1.54) is 5.56 Å². The van der Waals surface area contributed by atoms with Crippen LogP contribution in [0.15, 0.2) is 54.6 Å². The number of aliphatic hydroxyl groups is 1. The molecule has 28 heavy (non-hydrogen) atoms. The van der Waals surface area contributed by atoms with Crippen molar-refractivity contribution in [2.45, 2.75) is 25.5 Å². The van der Waals surface area contributed by atoms with E-state index in [1.54, 1.807) is 0 Å². The number of aliphatic hydroxyl groups excluding tert-OH is 1. The molecule has 1 fully saturated rings. The first-order valence-electron chi connectivity index (χ1n) is 9.79. The number of amides is 1. The SMILES string of the molecule is CCONC(=O)c1ccc(N(C)C(CN2CCC(O)C2)c2ccccc2)cc1. The van der Waals surface area contributed by atoms with E-state index in [9.17, 15) is 9.90 Å². The summed E-state index contributed by atoms with van der Waals surface area (Å²) >= 11 is 0. The average molecular weight is 383 g/mol. The van der Waals surface area contributed by atoms with Gasteiger partial charge in [-0.25, -0.2) is 5.48 Å². The fourth-order valence-corrected chi connectivity index (χ4v) is 3.57. The average Bonchev–Trinajstić information content (AvgIpc) is 3.15. The number of likely N-dealkylation sites (N-methyl/N-ethyl adjacent to an activating group) is 1. The Labute approximate surface area is 166 Å². The first-order valence-corrected chi connectivity index (χ1v) is 9.79. The summed E-state index contributed by atoms with van der Waals surface area (Å²) in [6.07, 6.45) is 0.597. The molecule has 2 unspecified atom stereocenters. The van der Waals surface area contributed by atoms with Crippen LogP contribution in [0.1, 0.15) is 35.3 Å². The number of carbonyl (C=O) groups is 1. The van der Waals surface area contributed by atoms with Gasteiger partial charge in [0.25, 0.3) is 5.91 Å². The van der Waals surface area contributed by atoms with Crippen molar-refractivity contribution in [3.05, 3.63) is 65.7 Å². The largest absolute Gasteiger partial charge is 0.392 e. The van der Waals surface area contributed by atoms with Gasteiger partial charge in [0.2, 0.25) is 0 Å². The zero-order valence-electron chi connectivity index (χ0n) is 16.5. The lowest BCUT2D eigenvalue weighted by molar-refractivity contribution is 0.0364. The van der Waals surface area contributed by atoms with Crippen molar-refractivity contribution in [1.29, 1.82) is 0 Å². The van der Waals surface area contributed by atoms with Crippen LogP contribution in [0, 0.1) is 0 Å². The van der Waals surface area contributed by atoms with Gasteiger partial charge in [0.15, 0.2) is 0 Å². The molecule has 1 aliphatic heterocycles. The molecule has 2 N–H and O–H groups in total. The Morgan fingerprint density at radius 1 is 1.25 bits per heavy atom. The molecule has 2 aromatic rings. The predicted molar refractivity (Wildman–Crippen MR) is 110 cm³/mol. The topological polar surface area (TPSA) is 65.0 Å². The number of likely N-dealkylation sites (tertiary alicyclic amines) is 1. The van der Waals surface area contributed by atoms with E-state index in [0.29, 0.717) is 18.7 Å². The number of hydrogen-bond donors (Lipinski definition) is 2. The number of carbonyl (C=O) groups excluding carboxylic acids is 1. The summed E-state index contributed by atoms with van der Waals surface area (Å²) in [6.45, 7) is 4.71. The monoisotopic (exact) mass is 383 g/mol. The maximum absolute atomic E-state index is 12.0. The van der Waals surface area contributed by atoms with Crippen molar-refractivity contribution in [1.82, 2.24) is 10.4 Å². The Morgan fingerprint density at radius 3 is 2.57 bits per heavy atom. The second-order valence-electron chi connectivity index (χ2n) is 7.15. The second-order valence-corrected chi connectivity index (χ2v) is 7.15. The van der Waals surface area contributed by atoms with Gasteiger partial charge in [-0.2, -0.15) is 0 Å². The number of rotatable bonds is 8. The summed E-state index contributed by atoms with van der Waals surface area (Å²) in [7, 11) is 2.07. The Hall–Kier alpha value is -2.41. The van der Waals surface area contributed by atoms with Gasteiger partial charge >= 0.3 is 0 Å². The highest BCUT2D eigenvalue weighted by Gasteiger charge is 2.26. The molecule has 6 nitrogen and oxygen atoms in total. The number of β-amino-alcohol motifs (C(OH)–C–C–N with tert-alkyl or cyclic N) is 1. The lowest BCUT2D eigenvalue weighted by Crippen LogP contribution is -2.36. The van der Waals surface area contributed by atoms with Gasteiger partial charge in [-0.05, 0) is 43.2 Å². The molecule has 0 aromatic heterocycles. The van der Waals surface area contributed by atoms with Crippen molar-refractivity contribution in [3.63, 3.8) is 0 Å². The molecule has 1 amide bonds. The van der Waals surface area contributed by atoms with E-state index in [4.69, 9.17) is 4.84 Å². The van der Waals surface area contributed by atoms with Crippen LogP contribution in [0.3, 0.4) is 0 Å². The standard InChI is InChI=1S/C22H29N3O3/c1-3-28-23-22(27)18-9-11-19(12-10-18)24(2)21(17-7-5-4-6-8-17)16-25-14-13-20(26)15-25/h4-12,20-21,26H,3,13-16H2,1-2H3,(H,23,27). The predicted octanol–water partition coefficient (Wildman–Crippen LogP) is 2.61. The lowest BCUT2D eigenvalue weighted by atomic mass is 10.0. The van der Waals surface area contributed by atoms with Crippen molar-refractivity contribution in [3.8, 4) is 0 Å². The summed E-state index contributed by atoms with van der Waals surface area (Å²) in [4.78, 5) is 21.5. The van der Waals surface area contributed by atoms with Gasteiger partial charge in [0.1, 0.15) is 0 Å². The molecule has 3 rings (SSSR count). The highest BCUT2D eigenvalue weighted by molar-refractivity contribution is 5.93. The van der Waals surface area contributed by atoms with Gasteiger partial charge in [0, 0.05) is 37.9 Å². The van der Waals surface area contributed by atoms with E-state index in [2.05, 4.69) is 46.6 Å². The van der Waals surface area contributed by atoms with Crippen LogP contribution in [0.25, 0.3) is 0 Å². The zero-order chi connectivity index (χ0) is 19.9. The third-order valence-electron chi connectivity index (χ3n) is 5.18. The number of anilines is 1. The Morgan fingerprint density at radius 2 is 1.96 bits per heavy atom. The highest BCUT2D eigenvalue weighted by Crippen LogP contribution is 2.28. The molecule has 1 saturated heterocycles. The summed E-state index contributed by atoms with van der Waals surface area (Å²) in [5.74, 6) is -0.248. The molecule has 0 spiro atoms. The molecule has 0 bridgehead atoms. The summed E-state index contributed by atoms with van der Waals surface area (Å²) in [6, 6.07) is 18.1. The zero-order valence-corrected chi connectivity index (χ0v) is 16.5. The molecule has 0 radical (unpaired) electrons. The van der Waals surface area contributed by atoms with E-state index in [0.717, 1.165) is 25.2 Å². The second kappa shape index (κ2) is 9.68. The minimum absolute atomic E-state index is 0.148. The fourth-order valence-electron chi connectivity index (χ4n) is 3.57. The molecule has 150 valence electrons. The third-order valence-corrected chi connectivity index (χ3v) is 5.18. The van der Waals surface area contributed by atoms with Gasteiger partial charge in [-0.15, -0.1) is 0 Å². The van der Waals surface area contributed by atoms with E-state index < -0.39 is 0 Å². The first kappa shape index (κ1) is 20.3. The number of hydrogen-bond acceptors (Lipinski definition) is 5. The van der Waals surface area contributed by atoms with Crippen LogP contribution >= 0.6 is 0 Å². The van der Waals surface area contributed by atoms with Gasteiger partial charge in [-0.3, -0.25) is 14.5 Å². The highest BCUT2D eigenvalue weighted by atomic mass is 16.6. The molecule has 0 saturated carbocycles. The maximum atomic E-state index is 12.0. The maximum Gasteiger partial charge on any atom is 0.274 e. The number of hydroxylamine groups is 1. The molecule has 2 atom stereocenters. The van der Waals surface area contributed by atoms with Crippen molar-refractivity contribution >= 4 is 11.6 Å². The van der Waals surface area contributed by atoms with Crippen LogP contribution in [0.4, 0.5) is 5.69 Å². The quantitative estimate of drug-likeness (QED) is 0.686. The van der Waals surface area contributed by atoms with Crippen molar-refractivity contribution in [2.24, 2.45) is 0 Å².